The first kappa shape index (κ1) is 17.6. The second kappa shape index (κ2) is 8.22. The largest absolute Gasteiger partial charge is 0.326 e. The van der Waals surface area contributed by atoms with Gasteiger partial charge in [-0.2, -0.15) is 0 Å². The third kappa shape index (κ3) is 4.43. The third-order valence-electron chi connectivity index (χ3n) is 4.99. The molecule has 2 aliphatic carbocycles. The number of hydrogen-bond donors (Lipinski definition) is 1. The number of anilines is 1. The minimum atomic E-state index is 0.117. The molecular formula is C20H23Cl2NO. The van der Waals surface area contributed by atoms with Gasteiger partial charge in [0.15, 0.2) is 0 Å². The minimum Gasteiger partial charge on any atom is -0.326 e. The van der Waals surface area contributed by atoms with Crippen molar-refractivity contribution in [2.24, 2.45) is 17.8 Å². The molecule has 1 saturated carbocycles. The van der Waals surface area contributed by atoms with Crippen molar-refractivity contribution < 1.29 is 4.79 Å². The van der Waals surface area contributed by atoms with E-state index in [2.05, 4.69) is 29.6 Å². The normalized spacial score (nSPS) is 26.8. The second-order valence-corrected chi connectivity index (χ2v) is 7.46. The molecule has 0 heterocycles. The predicted octanol–water partition coefficient (Wildman–Crippen LogP) is 6.26. The van der Waals surface area contributed by atoms with Crippen molar-refractivity contribution >= 4 is 34.8 Å². The molecule has 2 atom stereocenters. The van der Waals surface area contributed by atoms with Gasteiger partial charge < -0.3 is 5.32 Å². The lowest BCUT2D eigenvalue weighted by molar-refractivity contribution is -0.117. The van der Waals surface area contributed by atoms with Gasteiger partial charge in [0.25, 0.3) is 0 Å². The number of rotatable bonds is 2. The van der Waals surface area contributed by atoms with Gasteiger partial charge in [-0.15, -0.1) is 0 Å². The molecule has 2 nitrogen and oxygen atoms in total. The molecule has 2 aliphatic rings. The fraction of sp³-hybridized carbons (Fsp3) is 0.450. The van der Waals surface area contributed by atoms with Crippen molar-refractivity contribution in [2.75, 3.05) is 5.32 Å². The van der Waals surface area contributed by atoms with E-state index in [4.69, 9.17) is 23.2 Å². The van der Waals surface area contributed by atoms with E-state index in [0.717, 1.165) is 44.2 Å². The van der Waals surface area contributed by atoms with Crippen LogP contribution in [0.5, 0.6) is 0 Å². The lowest BCUT2D eigenvalue weighted by atomic mass is 10.1. The summed E-state index contributed by atoms with van der Waals surface area (Å²) in [6.45, 7) is 0. The first-order valence-corrected chi connectivity index (χ1v) is 9.48. The molecule has 128 valence electrons. The van der Waals surface area contributed by atoms with Crippen molar-refractivity contribution in [2.45, 2.75) is 38.5 Å². The summed E-state index contributed by atoms with van der Waals surface area (Å²) in [6, 6.07) is 5.22. The van der Waals surface area contributed by atoms with E-state index in [0.29, 0.717) is 21.9 Å². The Hall–Kier alpha value is -1.25. The van der Waals surface area contributed by atoms with Gasteiger partial charge >= 0.3 is 0 Å². The Bertz CT molecular complexity index is 629. The minimum absolute atomic E-state index is 0.117. The number of hydrogen-bond acceptors (Lipinski definition) is 1. The molecule has 4 heteroatoms. The van der Waals surface area contributed by atoms with Gasteiger partial charge in [0.2, 0.25) is 5.91 Å². The molecule has 0 spiro atoms. The molecule has 1 fully saturated rings. The summed E-state index contributed by atoms with van der Waals surface area (Å²) < 4.78 is 0. The summed E-state index contributed by atoms with van der Waals surface area (Å²) in [5.41, 5.74) is 0.719. The second-order valence-electron chi connectivity index (χ2n) is 6.65. The number of nitrogens with one attached hydrogen (secondary N) is 1. The number of allylic oxidation sites excluding steroid dienone is 4. The number of halogens is 2. The standard InChI is InChI=1S/C20H23Cl2NO/c21-17-12-11-14(13-18(17)22)23-20(24)19-15-9-7-5-3-1-2-4-6-8-10-16(15)19/h3-6,11-13,15-16,19H,1-2,7-10H2,(H,23,24). The predicted molar refractivity (Wildman–Crippen MR) is 102 cm³/mol. The summed E-state index contributed by atoms with van der Waals surface area (Å²) in [4.78, 5) is 12.6. The first-order valence-electron chi connectivity index (χ1n) is 8.72. The van der Waals surface area contributed by atoms with E-state index < -0.39 is 0 Å². The number of carbonyl (C=O) groups is 1. The van der Waals surface area contributed by atoms with Crippen LogP contribution in [0.1, 0.15) is 38.5 Å². The van der Waals surface area contributed by atoms with Crippen molar-refractivity contribution in [1.29, 1.82) is 0 Å². The number of benzene rings is 1. The molecule has 0 radical (unpaired) electrons. The summed E-state index contributed by atoms with van der Waals surface area (Å²) in [5, 5.41) is 3.97. The summed E-state index contributed by atoms with van der Waals surface area (Å²) in [5.74, 6) is 1.25. The molecule has 0 bridgehead atoms. The fourth-order valence-electron chi connectivity index (χ4n) is 3.66. The smallest absolute Gasteiger partial charge is 0.228 e. The molecule has 0 aliphatic heterocycles. The number of carbonyl (C=O) groups excluding carboxylic acids is 1. The molecule has 2 unspecified atom stereocenters. The molecule has 3 rings (SSSR count). The Morgan fingerprint density at radius 1 is 0.875 bits per heavy atom. The topological polar surface area (TPSA) is 29.1 Å². The van der Waals surface area contributed by atoms with Gasteiger partial charge in [0, 0.05) is 11.6 Å². The average molecular weight is 364 g/mol. The lowest BCUT2D eigenvalue weighted by Crippen LogP contribution is -2.15. The maximum Gasteiger partial charge on any atom is 0.228 e. The fourth-order valence-corrected chi connectivity index (χ4v) is 3.96. The zero-order valence-electron chi connectivity index (χ0n) is 13.7. The van der Waals surface area contributed by atoms with Crippen molar-refractivity contribution in [3.63, 3.8) is 0 Å². The van der Waals surface area contributed by atoms with Crippen LogP contribution in [0.25, 0.3) is 0 Å². The highest BCUT2D eigenvalue weighted by Crippen LogP contribution is 2.52. The van der Waals surface area contributed by atoms with Crippen molar-refractivity contribution in [3.8, 4) is 0 Å². The summed E-state index contributed by atoms with van der Waals surface area (Å²) in [6.07, 6.45) is 15.6. The quantitative estimate of drug-likeness (QED) is 0.617. The Morgan fingerprint density at radius 3 is 2.04 bits per heavy atom. The van der Waals surface area contributed by atoms with Gasteiger partial charge in [-0.25, -0.2) is 0 Å². The van der Waals surface area contributed by atoms with Gasteiger partial charge in [0.05, 0.1) is 10.0 Å². The highest BCUT2D eigenvalue weighted by molar-refractivity contribution is 6.42. The number of fused-ring (bicyclic) bond motifs is 1. The Morgan fingerprint density at radius 2 is 1.46 bits per heavy atom. The van der Waals surface area contributed by atoms with Gasteiger partial charge in [-0.3, -0.25) is 4.79 Å². The first-order chi connectivity index (χ1) is 11.7. The number of amides is 1. The van der Waals surface area contributed by atoms with Crippen molar-refractivity contribution in [3.05, 3.63) is 52.5 Å². The van der Waals surface area contributed by atoms with Gasteiger partial charge in [0.1, 0.15) is 0 Å². The van der Waals surface area contributed by atoms with Crippen LogP contribution in [0, 0.1) is 17.8 Å². The third-order valence-corrected chi connectivity index (χ3v) is 5.73. The molecule has 1 aromatic carbocycles. The van der Waals surface area contributed by atoms with E-state index >= 15 is 0 Å². The summed E-state index contributed by atoms with van der Waals surface area (Å²) in [7, 11) is 0. The van der Waals surface area contributed by atoms with E-state index in [-0.39, 0.29) is 11.8 Å². The Labute approximate surface area is 153 Å². The zero-order chi connectivity index (χ0) is 16.9. The van der Waals surface area contributed by atoms with E-state index in [1.54, 1.807) is 18.2 Å². The molecule has 1 amide bonds. The molecule has 1 N–H and O–H groups in total. The van der Waals surface area contributed by atoms with Crippen LogP contribution in [0.4, 0.5) is 5.69 Å². The van der Waals surface area contributed by atoms with Crippen LogP contribution >= 0.6 is 23.2 Å². The Balaban J connectivity index is 1.62. The SMILES string of the molecule is O=C(Nc1ccc(Cl)c(Cl)c1)C1C2CCC=CCCC=CCCC21. The average Bonchev–Trinajstić information content (AvgIpc) is 3.23. The van der Waals surface area contributed by atoms with Crippen LogP contribution in [-0.4, -0.2) is 5.91 Å². The monoisotopic (exact) mass is 363 g/mol. The lowest BCUT2D eigenvalue weighted by Gasteiger charge is -2.06. The zero-order valence-corrected chi connectivity index (χ0v) is 15.2. The van der Waals surface area contributed by atoms with Crippen LogP contribution in [0.2, 0.25) is 10.0 Å². The maximum atomic E-state index is 12.6. The van der Waals surface area contributed by atoms with E-state index in [9.17, 15) is 4.79 Å². The molecule has 24 heavy (non-hydrogen) atoms. The molecule has 0 saturated heterocycles. The molecule has 1 aromatic rings. The van der Waals surface area contributed by atoms with E-state index in [1.807, 2.05) is 0 Å². The van der Waals surface area contributed by atoms with Crippen LogP contribution in [0.15, 0.2) is 42.5 Å². The highest BCUT2D eigenvalue weighted by atomic mass is 35.5. The van der Waals surface area contributed by atoms with E-state index in [1.165, 1.54) is 0 Å². The van der Waals surface area contributed by atoms with Crippen molar-refractivity contribution in [1.82, 2.24) is 0 Å². The maximum absolute atomic E-state index is 12.6. The Kier molecular flexibility index (Phi) is 6.02. The van der Waals surface area contributed by atoms with Crippen LogP contribution in [-0.2, 0) is 4.79 Å². The van der Waals surface area contributed by atoms with Gasteiger partial charge in [-0.1, -0.05) is 47.5 Å². The van der Waals surface area contributed by atoms with Gasteiger partial charge in [-0.05, 0) is 68.6 Å². The van der Waals surface area contributed by atoms with Crippen LogP contribution in [0.3, 0.4) is 0 Å². The molecular weight excluding hydrogens is 341 g/mol. The van der Waals surface area contributed by atoms with Crippen LogP contribution < -0.4 is 5.32 Å². The summed E-state index contributed by atoms with van der Waals surface area (Å²) >= 11 is 12.0. The highest BCUT2D eigenvalue weighted by Gasteiger charge is 2.52. The molecule has 0 aromatic heterocycles.